The average Bonchev–Trinajstić information content (AvgIpc) is 3.04. The lowest BCUT2D eigenvalue weighted by atomic mass is 9.52. The van der Waals surface area contributed by atoms with Crippen LogP contribution < -0.4 is 0 Å². The molecule has 0 bridgehead atoms. The topological polar surface area (TPSA) is 86.7 Å². The highest BCUT2D eigenvalue weighted by molar-refractivity contribution is 6.29. The molecule has 2 heterocycles. The number of ether oxygens (including phenoxy) is 2. The van der Waals surface area contributed by atoms with Crippen molar-refractivity contribution in [3.05, 3.63) is 118 Å². The Bertz CT molecular complexity index is 1550. The third kappa shape index (κ3) is 4.68. The molecular weight excluding hydrogens is 564 g/mol. The van der Waals surface area contributed by atoms with E-state index in [0.29, 0.717) is 33.4 Å². The van der Waals surface area contributed by atoms with Crippen LogP contribution in [0, 0.1) is 22.7 Å². The number of rotatable bonds is 6. The minimum Gasteiger partial charge on any atom is -0.497 e. The molecule has 0 N–H and O–H groups in total. The van der Waals surface area contributed by atoms with Crippen LogP contribution in [0.1, 0.15) is 59.1 Å². The molecule has 0 saturated heterocycles. The maximum Gasteiger partial charge on any atom is 0.180 e. The Balaban J connectivity index is 1.60. The summed E-state index contributed by atoms with van der Waals surface area (Å²) in [5, 5.41) is 0. The summed E-state index contributed by atoms with van der Waals surface area (Å²) >= 11 is 0. The molecule has 6 atom stereocenters. The molecule has 0 aromatic heterocycles. The van der Waals surface area contributed by atoms with Gasteiger partial charge in [-0.05, 0) is 80.4 Å². The van der Waals surface area contributed by atoms with E-state index in [9.17, 15) is 19.2 Å². The molecule has 0 unspecified atom stereocenters. The van der Waals surface area contributed by atoms with Gasteiger partial charge in [-0.3, -0.25) is 19.2 Å². The van der Waals surface area contributed by atoms with E-state index in [2.05, 4.69) is 0 Å². The summed E-state index contributed by atoms with van der Waals surface area (Å²) in [6.45, 7) is 11.3. The molecule has 6 heteroatoms. The number of benzene rings is 2. The van der Waals surface area contributed by atoms with Crippen molar-refractivity contribution in [2.75, 3.05) is 0 Å². The molecule has 232 valence electrons. The van der Waals surface area contributed by atoms with Crippen LogP contribution in [0.25, 0.3) is 0 Å². The molecule has 0 radical (unpaired) electrons. The zero-order valence-electron chi connectivity index (χ0n) is 26.8. The SMILES string of the molecule is CC1=C2C(=CO[C@@H](C)[C@@H]2C)C(=O)[C@@](Cc2ccccc2)(C[C@]2(Cc3ccccc3)C(=O)C3=CO[C@@H](C)[C@H](C)C3=C(C)C2=O)C1=O. The first-order valence-corrected chi connectivity index (χ1v) is 15.8. The first kappa shape index (κ1) is 30.7. The number of Topliss-reactive ketones (excluding diaryl/α,β-unsaturated/α-hetero) is 4. The molecule has 4 aliphatic rings. The molecule has 2 aromatic rings. The molecule has 2 aliphatic heterocycles. The molecule has 2 aliphatic carbocycles. The van der Waals surface area contributed by atoms with Gasteiger partial charge >= 0.3 is 0 Å². The van der Waals surface area contributed by atoms with Gasteiger partial charge in [0.15, 0.2) is 23.1 Å². The summed E-state index contributed by atoms with van der Waals surface area (Å²) < 4.78 is 11.8. The Morgan fingerprint density at radius 2 is 0.911 bits per heavy atom. The molecule has 0 fully saturated rings. The zero-order valence-corrected chi connectivity index (χ0v) is 26.8. The van der Waals surface area contributed by atoms with Crippen LogP contribution in [0.5, 0.6) is 0 Å². The van der Waals surface area contributed by atoms with Crippen molar-refractivity contribution in [2.45, 2.75) is 73.0 Å². The standard InChI is InChI=1S/C39H40O6/c1-22-26(5)44-19-30-32(22)24(3)34(40)38(36(30)42,17-28-13-9-7-10-14-28)21-39(18-29-15-11-8-12-16-29)35(41)25(4)33-23(2)27(6)45-20-31(33)37(39)43/h7-16,19-20,22-23,26-27H,17-18,21H2,1-6H3/t22-,23-,26-,27-,38-,39-/m0/s1. The van der Waals surface area contributed by atoms with Crippen molar-refractivity contribution in [3.63, 3.8) is 0 Å². The van der Waals surface area contributed by atoms with Crippen LogP contribution in [0.3, 0.4) is 0 Å². The number of allylic oxidation sites excluding steroid dienone is 4. The average molecular weight is 605 g/mol. The Hall–Kier alpha value is -4.32. The molecule has 6 nitrogen and oxygen atoms in total. The predicted molar refractivity (Wildman–Crippen MR) is 171 cm³/mol. The third-order valence-electron chi connectivity index (χ3n) is 10.7. The van der Waals surface area contributed by atoms with Gasteiger partial charge in [-0.2, -0.15) is 0 Å². The smallest absolute Gasteiger partial charge is 0.180 e. The van der Waals surface area contributed by atoms with Crippen LogP contribution in [0.15, 0.2) is 107 Å². The van der Waals surface area contributed by atoms with E-state index in [1.54, 1.807) is 13.8 Å². The quantitative estimate of drug-likeness (QED) is 0.343. The Kier molecular flexibility index (Phi) is 7.67. The fraction of sp³-hybridized carbons (Fsp3) is 0.385. The normalized spacial score (nSPS) is 31.5. The van der Waals surface area contributed by atoms with Crippen LogP contribution in [-0.2, 0) is 41.5 Å². The lowest BCUT2D eigenvalue weighted by molar-refractivity contribution is -0.146. The molecule has 0 amide bonds. The van der Waals surface area contributed by atoms with E-state index in [-0.39, 0.29) is 54.9 Å². The minimum atomic E-state index is -1.71. The van der Waals surface area contributed by atoms with Crippen molar-refractivity contribution >= 4 is 23.1 Å². The summed E-state index contributed by atoms with van der Waals surface area (Å²) in [7, 11) is 0. The Morgan fingerprint density at radius 1 is 0.556 bits per heavy atom. The van der Waals surface area contributed by atoms with Gasteiger partial charge in [-0.15, -0.1) is 0 Å². The molecule has 2 aromatic carbocycles. The number of fused-ring (bicyclic) bond motifs is 2. The van der Waals surface area contributed by atoms with Crippen molar-refractivity contribution in [3.8, 4) is 0 Å². The number of ketones is 4. The van der Waals surface area contributed by atoms with Crippen molar-refractivity contribution in [1.29, 1.82) is 0 Å². The lowest BCUT2D eigenvalue weighted by Crippen LogP contribution is -2.57. The highest BCUT2D eigenvalue weighted by atomic mass is 16.5. The number of hydrogen-bond acceptors (Lipinski definition) is 6. The van der Waals surface area contributed by atoms with Gasteiger partial charge in [-0.25, -0.2) is 0 Å². The van der Waals surface area contributed by atoms with Gasteiger partial charge in [0.05, 0.1) is 23.7 Å². The van der Waals surface area contributed by atoms with E-state index in [1.807, 2.05) is 88.4 Å². The van der Waals surface area contributed by atoms with E-state index in [4.69, 9.17) is 9.47 Å². The van der Waals surface area contributed by atoms with E-state index < -0.39 is 22.4 Å². The lowest BCUT2D eigenvalue weighted by Gasteiger charge is -2.47. The molecule has 45 heavy (non-hydrogen) atoms. The largest absolute Gasteiger partial charge is 0.497 e. The highest BCUT2D eigenvalue weighted by Crippen LogP contribution is 2.54. The van der Waals surface area contributed by atoms with Gasteiger partial charge in [0.25, 0.3) is 0 Å². The zero-order chi connectivity index (χ0) is 32.3. The third-order valence-corrected chi connectivity index (χ3v) is 10.7. The van der Waals surface area contributed by atoms with Gasteiger partial charge in [-0.1, -0.05) is 74.5 Å². The fourth-order valence-electron chi connectivity index (χ4n) is 7.97. The van der Waals surface area contributed by atoms with Gasteiger partial charge < -0.3 is 9.47 Å². The van der Waals surface area contributed by atoms with Crippen molar-refractivity contribution < 1.29 is 28.7 Å². The predicted octanol–water partition coefficient (Wildman–Crippen LogP) is 6.65. The monoisotopic (exact) mass is 604 g/mol. The minimum absolute atomic E-state index is 0.0487. The van der Waals surface area contributed by atoms with Crippen molar-refractivity contribution in [1.82, 2.24) is 0 Å². The number of carbonyl (C=O) groups excluding carboxylic acids is 4. The Labute approximate surface area is 264 Å². The second-order valence-corrected chi connectivity index (χ2v) is 13.4. The van der Waals surface area contributed by atoms with Crippen LogP contribution >= 0.6 is 0 Å². The summed E-state index contributed by atoms with van der Waals surface area (Å²) in [6.07, 6.45) is 2.38. The first-order valence-electron chi connectivity index (χ1n) is 15.8. The second-order valence-electron chi connectivity index (χ2n) is 13.4. The molecular formula is C39H40O6. The first-order chi connectivity index (χ1) is 21.4. The van der Waals surface area contributed by atoms with E-state index in [1.165, 1.54) is 12.5 Å². The van der Waals surface area contributed by atoms with Crippen LogP contribution in [-0.4, -0.2) is 35.3 Å². The summed E-state index contributed by atoms with van der Waals surface area (Å²) in [5.41, 5.74) is 1.19. The van der Waals surface area contributed by atoms with E-state index in [0.717, 1.165) is 11.1 Å². The number of hydrogen-bond donors (Lipinski definition) is 0. The van der Waals surface area contributed by atoms with Gasteiger partial charge in [0.2, 0.25) is 0 Å². The fourth-order valence-corrected chi connectivity index (χ4v) is 7.97. The highest BCUT2D eigenvalue weighted by Gasteiger charge is 2.62. The van der Waals surface area contributed by atoms with Gasteiger partial charge in [0, 0.05) is 11.8 Å². The maximum atomic E-state index is 15.0. The molecule has 0 saturated carbocycles. The molecule has 6 rings (SSSR count). The van der Waals surface area contributed by atoms with Crippen molar-refractivity contribution in [2.24, 2.45) is 22.7 Å². The number of carbonyl (C=O) groups is 4. The van der Waals surface area contributed by atoms with E-state index >= 15 is 0 Å². The Morgan fingerprint density at radius 3 is 1.27 bits per heavy atom. The maximum absolute atomic E-state index is 15.0. The van der Waals surface area contributed by atoms with Gasteiger partial charge in [0.1, 0.15) is 23.0 Å². The van der Waals surface area contributed by atoms with Crippen LogP contribution in [0.4, 0.5) is 0 Å². The summed E-state index contributed by atoms with van der Waals surface area (Å²) in [6, 6.07) is 18.7. The summed E-state index contributed by atoms with van der Waals surface area (Å²) in [4.78, 5) is 59.7. The van der Waals surface area contributed by atoms with Crippen LogP contribution in [0.2, 0.25) is 0 Å². The molecule has 0 spiro atoms. The second kappa shape index (κ2) is 11.2. The summed E-state index contributed by atoms with van der Waals surface area (Å²) in [5.74, 6) is -1.81.